The second kappa shape index (κ2) is 8.75. The van der Waals surface area contributed by atoms with Crippen molar-refractivity contribution < 1.29 is 18.1 Å². The van der Waals surface area contributed by atoms with Crippen LogP contribution >= 0.6 is 0 Å². The molecule has 0 atom stereocenters. The lowest BCUT2D eigenvalue weighted by Gasteiger charge is -2.13. The molecule has 1 saturated heterocycles. The maximum atomic E-state index is 12.7. The monoisotopic (exact) mass is 402 g/mol. The smallest absolute Gasteiger partial charge is 0.262 e. The highest BCUT2D eigenvalue weighted by atomic mass is 32.2. The molecular formula is C21H28N3O3S+. The van der Waals surface area contributed by atoms with Crippen LogP contribution in [0.4, 0.5) is 5.69 Å². The minimum atomic E-state index is -3.68. The lowest BCUT2D eigenvalue weighted by atomic mass is 10.2. The molecule has 0 aromatic heterocycles. The standard InChI is InChI=1S/C21H27N3O3S/c1-16-5-6-17(2)20(15-16)28(26,27)23-19-9-7-18(8-10-19)21(25)22-11-14-24-12-3-4-13-24/h5-10,15,23H,3-4,11-14H2,1-2H3,(H,22,25)/p+1. The SMILES string of the molecule is Cc1ccc(C)c(S(=O)(=O)Nc2ccc(C(=O)NCC[NH+]3CCCC3)cc2)c1. The molecule has 0 spiro atoms. The number of carbonyl (C=O) groups excluding carboxylic acids is 1. The van der Waals surface area contributed by atoms with Crippen molar-refractivity contribution in [3.63, 3.8) is 0 Å². The summed E-state index contributed by atoms with van der Waals surface area (Å²) in [5.74, 6) is -0.137. The Bertz CT molecular complexity index is 934. The summed E-state index contributed by atoms with van der Waals surface area (Å²) >= 11 is 0. The van der Waals surface area contributed by atoms with Crippen LogP contribution in [0.2, 0.25) is 0 Å². The minimum Gasteiger partial charge on any atom is -0.346 e. The van der Waals surface area contributed by atoms with Gasteiger partial charge < -0.3 is 10.2 Å². The van der Waals surface area contributed by atoms with Crippen LogP contribution in [0.15, 0.2) is 47.4 Å². The minimum absolute atomic E-state index is 0.137. The average Bonchev–Trinajstić information content (AvgIpc) is 3.17. The quantitative estimate of drug-likeness (QED) is 0.657. The van der Waals surface area contributed by atoms with E-state index in [4.69, 9.17) is 0 Å². The van der Waals surface area contributed by atoms with Crippen molar-refractivity contribution in [1.82, 2.24) is 5.32 Å². The molecule has 1 aliphatic rings. The average molecular weight is 403 g/mol. The molecule has 0 bridgehead atoms. The highest BCUT2D eigenvalue weighted by Crippen LogP contribution is 2.21. The van der Waals surface area contributed by atoms with E-state index in [1.54, 1.807) is 43.3 Å². The van der Waals surface area contributed by atoms with Gasteiger partial charge in [-0.15, -0.1) is 0 Å². The highest BCUT2D eigenvalue weighted by Gasteiger charge is 2.18. The van der Waals surface area contributed by atoms with Crippen LogP contribution < -0.4 is 14.9 Å². The second-order valence-electron chi connectivity index (χ2n) is 7.41. The van der Waals surface area contributed by atoms with E-state index in [0.29, 0.717) is 23.4 Å². The van der Waals surface area contributed by atoms with Crippen LogP contribution in [-0.4, -0.2) is 40.5 Å². The molecule has 3 rings (SSSR count). The van der Waals surface area contributed by atoms with Gasteiger partial charge in [-0.1, -0.05) is 12.1 Å². The fourth-order valence-electron chi connectivity index (χ4n) is 3.48. The normalized spacial score (nSPS) is 14.8. The van der Waals surface area contributed by atoms with E-state index in [1.807, 2.05) is 13.0 Å². The summed E-state index contributed by atoms with van der Waals surface area (Å²) in [6.07, 6.45) is 2.53. The van der Waals surface area contributed by atoms with Crippen LogP contribution in [0.5, 0.6) is 0 Å². The maximum Gasteiger partial charge on any atom is 0.262 e. The van der Waals surface area contributed by atoms with Crippen molar-refractivity contribution >= 4 is 21.6 Å². The maximum absolute atomic E-state index is 12.7. The van der Waals surface area contributed by atoms with Crippen LogP contribution in [0.25, 0.3) is 0 Å². The molecule has 0 aliphatic carbocycles. The molecule has 2 aromatic carbocycles. The third-order valence-electron chi connectivity index (χ3n) is 5.11. The molecule has 0 saturated carbocycles. The Morgan fingerprint density at radius 1 is 1.04 bits per heavy atom. The number of nitrogens with one attached hydrogen (secondary N) is 3. The van der Waals surface area contributed by atoms with E-state index in [9.17, 15) is 13.2 Å². The molecular weight excluding hydrogens is 374 g/mol. The number of anilines is 1. The Labute approximate surface area is 167 Å². The summed E-state index contributed by atoms with van der Waals surface area (Å²) in [4.78, 5) is 14.1. The Balaban J connectivity index is 1.60. The summed E-state index contributed by atoms with van der Waals surface area (Å²) in [6.45, 7) is 7.59. The van der Waals surface area contributed by atoms with Crippen LogP contribution in [0, 0.1) is 13.8 Å². The van der Waals surface area contributed by atoms with Crippen molar-refractivity contribution in [2.45, 2.75) is 31.6 Å². The van der Waals surface area contributed by atoms with Gasteiger partial charge in [0.2, 0.25) is 0 Å². The van der Waals surface area contributed by atoms with Gasteiger partial charge in [-0.25, -0.2) is 8.42 Å². The number of hydrogen-bond donors (Lipinski definition) is 3. The molecule has 0 unspecified atom stereocenters. The van der Waals surface area contributed by atoms with Gasteiger partial charge in [0.1, 0.15) is 0 Å². The van der Waals surface area contributed by atoms with Crippen LogP contribution in [-0.2, 0) is 10.0 Å². The third-order valence-corrected chi connectivity index (χ3v) is 6.63. The molecule has 1 heterocycles. The first-order valence-corrected chi connectivity index (χ1v) is 11.2. The lowest BCUT2D eigenvalue weighted by Crippen LogP contribution is -3.10. The lowest BCUT2D eigenvalue weighted by molar-refractivity contribution is -0.886. The number of sulfonamides is 1. The van der Waals surface area contributed by atoms with Gasteiger partial charge in [0, 0.05) is 24.1 Å². The van der Waals surface area contributed by atoms with Crippen LogP contribution in [0.1, 0.15) is 34.3 Å². The van der Waals surface area contributed by atoms with Crippen molar-refractivity contribution in [1.29, 1.82) is 0 Å². The van der Waals surface area contributed by atoms with Crippen molar-refractivity contribution in [2.24, 2.45) is 0 Å². The predicted octanol–water partition coefficient (Wildman–Crippen LogP) is 1.51. The molecule has 150 valence electrons. The van der Waals surface area contributed by atoms with E-state index in [1.165, 1.54) is 30.8 Å². The van der Waals surface area contributed by atoms with Gasteiger partial charge in [0.25, 0.3) is 15.9 Å². The van der Waals surface area contributed by atoms with E-state index in [-0.39, 0.29) is 10.8 Å². The summed E-state index contributed by atoms with van der Waals surface area (Å²) in [7, 11) is -3.68. The first kappa shape index (κ1) is 20.4. The Hall–Kier alpha value is -2.38. The van der Waals surface area contributed by atoms with E-state index < -0.39 is 10.0 Å². The van der Waals surface area contributed by atoms with Crippen LogP contribution in [0.3, 0.4) is 0 Å². The first-order chi connectivity index (χ1) is 13.3. The van der Waals surface area contributed by atoms with Gasteiger partial charge in [-0.05, 0) is 55.3 Å². The fourth-order valence-corrected chi connectivity index (χ4v) is 4.87. The highest BCUT2D eigenvalue weighted by molar-refractivity contribution is 7.92. The number of amides is 1. The van der Waals surface area contributed by atoms with Crippen molar-refractivity contribution in [3.8, 4) is 0 Å². The Morgan fingerprint density at radius 2 is 1.71 bits per heavy atom. The number of rotatable bonds is 7. The molecule has 6 nitrogen and oxygen atoms in total. The Morgan fingerprint density at radius 3 is 2.39 bits per heavy atom. The number of carbonyl (C=O) groups is 1. The molecule has 3 N–H and O–H groups in total. The number of likely N-dealkylation sites (tertiary alicyclic amines) is 1. The zero-order valence-corrected chi connectivity index (χ0v) is 17.2. The first-order valence-electron chi connectivity index (χ1n) is 9.67. The van der Waals surface area contributed by atoms with Gasteiger partial charge in [-0.2, -0.15) is 0 Å². The van der Waals surface area contributed by atoms with Gasteiger partial charge >= 0.3 is 0 Å². The molecule has 1 amide bonds. The summed E-state index contributed by atoms with van der Waals surface area (Å²) in [6, 6.07) is 11.8. The number of hydrogen-bond acceptors (Lipinski definition) is 3. The number of benzene rings is 2. The van der Waals surface area contributed by atoms with Crippen molar-refractivity contribution in [2.75, 3.05) is 30.9 Å². The van der Waals surface area contributed by atoms with E-state index in [0.717, 1.165) is 12.1 Å². The molecule has 28 heavy (non-hydrogen) atoms. The van der Waals surface area contributed by atoms with Crippen molar-refractivity contribution in [3.05, 3.63) is 59.2 Å². The third kappa shape index (κ3) is 5.11. The topological polar surface area (TPSA) is 79.7 Å². The zero-order chi connectivity index (χ0) is 20.1. The summed E-state index contributed by atoms with van der Waals surface area (Å²) in [5, 5.41) is 2.93. The van der Waals surface area contributed by atoms with E-state index >= 15 is 0 Å². The summed E-state index contributed by atoms with van der Waals surface area (Å²) < 4.78 is 27.9. The van der Waals surface area contributed by atoms with Gasteiger partial charge in [0.15, 0.2) is 0 Å². The number of aryl methyl sites for hydroxylation is 2. The van der Waals surface area contributed by atoms with Gasteiger partial charge in [-0.3, -0.25) is 9.52 Å². The second-order valence-corrected chi connectivity index (χ2v) is 9.07. The zero-order valence-electron chi connectivity index (χ0n) is 16.4. The van der Waals surface area contributed by atoms with E-state index in [2.05, 4.69) is 10.0 Å². The molecule has 0 radical (unpaired) electrons. The fraction of sp³-hybridized carbons (Fsp3) is 0.381. The van der Waals surface area contributed by atoms with Gasteiger partial charge in [0.05, 0.1) is 31.1 Å². The molecule has 1 aliphatic heterocycles. The molecule has 7 heteroatoms. The number of quaternary nitrogens is 1. The predicted molar refractivity (Wildman–Crippen MR) is 110 cm³/mol. The largest absolute Gasteiger partial charge is 0.346 e. The molecule has 1 fully saturated rings. The molecule has 2 aromatic rings. The Kier molecular flexibility index (Phi) is 6.36. The summed E-state index contributed by atoms with van der Waals surface area (Å²) in [5.41, 5.74) is 2.52.